The van der Waals surface area contributed by atoms with Gasteiger partial charge in [-0.3, -0.25) is 4.79 Å². The van der Waals surface area contributed by atoms with Crippen LogP contribution in [0.15, 0.2) is 24.3 Å². The number of amides is 1. The Balaban J connectivity index is 2.67. The Bertz CT molecular complexity index is 432. The lowest BCUT2D eigenvalue weighted by Gasteiger charge is -2.13. The van der Waals surface area contributed by atoms with Gasteiger partial charge in [0.1, 0.15) is 0 Å². The van der Waals surface area contributed by atoms with E-state index in [9.17, 15) is 9.59 Å². The number of carbonyl (C=O) groups excluding carboxylic acids is 2. The highest BCUT2D eigenvalue weighted by atomic mass is 16.5. The van der Waals surface area contributed by atoms with Crippen molar-refractivity contribution in [2.75, 3.05) is 7.11 Å². The fraction of sp³-hybridized carbons (Fsp3) is 0.385. The third-order valence-electron chi connectivity index (χ3n) is 2.57. The molecule has 1 aromatic rings. The van der Waals surface area contributed by atoms with Crippen LogP contribution >= 0.6 is 0 Å². The summed E-state index contributed by atoms with van der Waals surface area (Å²) in [5.41, 5.74) is 6.47. The minimum Gasteiger partial charge on any atom is -0.465 e. The molecule has 0 bridgehead atoms. The van der Waals surface area contributed by atoms with Crippen LogP contribution in [0, 0.1) is 0 Å². The third-order valence-corrected chi connectivity index (χ3v) is 2.57. The van der Waals surface area contributed by atoms with Gasteiger partial charge in [0.05, 0.1) is 12.7 Å². The van der Waals surface area contributed by atoms with Gasteiger partial charge in [0.25, 0.3) is 0 Å². The first-order chi connectivity index (χ1) is 8.54. The summed E-state index contributed by atoms with van der Waals surface area (Å²) in [7, 11) is 1.35. The highest BCUT2D eigenvalue weighted by Crippen LogP contribution is 2.10. The predicted molar refractivity (Wildman–Crippen MR) is 67.9 cm³/mol. The first kappa shape index (κ1) is 14.2. The maximum atomic E-state index is 11.5. The van der Waals surface area contributed by atoms with Gasteiger partial charge in [-0.25, -0.2) is 4.79 Å². The van der Waals surface area contributed by atoms with Crippen LogP contribution in [0.25, 0.3) is 0 Å². The molecule has 0 radical (unpaired) electrons. The number of nitrogens with one attached hydrogen (secondary N) is 1. The van der Waals surface area contributed by atoms with E-state index in [2.05, 4.69) is 5.32 Å². The van der Waals surface area contributed by atoms with Crippen molar-refractivity contribution in [1.82, 2.24) is 5.32 Å². The lowest BCUT2D eigenvalue weighted by atomic mass is 10.1. The van der Waals surface area contributed by atoms with Crippen molar-refractivity contribution in [3.05, 3.63) is 35.4 Å². The second-order valence-corrected chi connectivity index (χ2v) is 4.10. The lowest BCUT2D eigenvalue weighted by molar-refractivity contribution is -0.118. The Kier molecular flexibility index (Phi) is 5.32. The van der Waals surface area contributed by atoms with Crippen LogP contribution in [0.2, 0.25) is 0 Å². The molecule has 18 heavy (non-hydrogen) atoms. The van der Waals surface area contributed by atoms with E-state index >= 15 is 0 Å². The maximum Gasteiger partial charge on any atom is 0.338 e. The molecular formula is C13H18N2O3. The number of hydrogen-bond acceptors (Lipinski definition) is 4. The molecule has 1 aromatic carbocycles. The summed E-state index contributed by atoms with van der Waals surface area (Å²) in [6.45, 7) is 2.35. The van der Waals surface area contributed by atoms with Gasteiger partial charge in [-0.05, 0) is 18.6 Å². The number of carbonyl (C=O) groups is 2. The molecule has 0 aliphatic heterocycles. The minimum absolute atomic E-state index is 0.0341. The van der Waals surface area contributed by atoms with Crippen molar-refractivity contribution < 1.29 is 14.3 Å². The first-order valence-electron chi connectivity index (χ1n) is 5.72. The molecule has 1 amide bonds. The lowest BCUT2D eigenvalue weighted by Crippen LogP contribution is -2.31. The van der Waals surface area contributed by atoms with E-state index in [-0.39, 0.29) is 24.3 Å². The topological polar surface area (TPSA) is 81.4 Å². The zero-order valence-electron chi connectivity index (χ0n) is 10.6. The number of rotatable bonds is 6. The number of esters is 1. The normalized spacial score (nSPS) is 11.9. The van der Waals surface area contributed by atoms with Gasteiger partial charge in [-0.15, -0.1) is 0 Å². The predicted octanol–water partition coefficient (Wildman–Crippen LogP) is 0.827. The molecule has 3 N–H and O–H groups in total. The Morgan fingerprint density at radius 3 is 2.67 bits per heavy atom. The summed E-state index contributed by atoms with van der Waals surface area (Å²) < 4.78 is 4.71. The van der Waals surface area contributed by atoms with Gasteiger partial charge < -0.3 is 15.8 Å². The minimum atomic E-state index is -0.366. The van der Waals surface area contributed by atoms with Gasteiger partial charge in [0.2, 0.25) is 5.91 Å². The van der Waals surface area contributed by atoms with E-state index in [1.807, 2.05) is 19.1 Å². The van der Waals surface area contributed by atoms with Crippen LogP contribution < -0.4 is 11.1 Å². The van der Waals surface area contributed by atoms with E-state index in [1.165, 1.54) is 7.11 Å². The van der Waals surface area contributed by atoms with E-state index < -0.39 is 0 Å². The molecule has 5 heteroatoms. The number of ether oxygens (including phenoxy) is 1. The van der Waals surface area contributed by atoms with Crippen LogP contribution in [0.4, 0.5) is 0 Å². The summed E-state index contributed by atoms with van der Waals surface area (Å²) in [6, 6.07) is 7.15. The Hall–Kier alpha value is -1.88. The van der Waals surface area contributed by atoms with Crippen LogP contribution in [-0.2, 0) is 16.1 Å². The Morgan fingerprint density at radius 1 is 1.39 bits per heavy atom. The summed E-state index contributed by atoms with van der Waals surface area (Å²) in [6.07, 6.45) is 0.264. The number of methoxy groups -OCH3 is 1. The second kappa shape index (κ2) is 6.76. The molecule has 0 aromatic heterocycles. The summed E-state index contributed by atoms with van der Waals surface area (Å²) in [5.74, 6) is -0.716. The standard InChI is InChI=1S/C13H18N2O3/c1-9(7-12(14)16)15-8-10-5-3-4-6-11(10)13(17)18-2/h3-6,9,15H,7-8H2,1-2H3,(H2,14,16). The van der Waals surface area contributed by atoms with E-state index in [1.54, 1.807) is 12.1 Å². The monoisotopic (exact) mass is 250 g/mol. The molecule has 0 saturated heterocycles. The molecule has 0 spiro atoms. The zero-order valence-corrected chi connectivity index (χ0v) is 10.6. The number of nitrogens with two attached hydrogens (primary N) is 1. The fourth-order valence-corrected chi connectivity index (χ4v) is 1.64. The van der Waals surface area contributed by atoms with Gasteiger partial charge in [-0.2, -0.15) is 0 Å². The SMILES string of the molecule is COC(=O)c1ccccc1CNC(C)CC(N)=O. The largest absolute Gasteiger partial charge is 0.465 e. The molecule has 1 rings (SSSR count). The maximum absolute atomic E-state index is 11.5. The average molecular weight is 250 g/mol. The summed E-state index contributed by atoms with van der Waals surface area (Å²) in [5, 5.41) is 3.14. The number of primary amides is 1. The Labute approximate surface area is 106 Å². The Morgan fingerprint density at radius 2 is 2.06 bits per heavy atom. The fourth-order valence-electron chi connectivity index (χ4n) is 1.64. The number of hydrogen-bond donors (Lipinski definition) is 2. The smallest absolute Gasteiger partial charge is 0.338 e. The van der Waals surface area contributed by atoms with Crippen LogP contribution in [0.5, 0.6) is 0 Å². The van der Waals surface area contributed by atoms with Gasteiger partial charge in [-0.1, -0.05) is 18.2 Å². The van der Waals surface area contributed by atoms with E-state index in [0.717, 1.165) is 5.56 Å². The first-order valence-corrected chi connectivity index (χ1v) is 5.72. The highest BCUT2D eigenvalue weighted by Gasteiger charge is 2.12. The average Bonchev–Trinajstić information content (AvgIpc) is 2.35. The van der Waals surface area contributed by atoms with Crippen molar-refractivity contribution in [3.8, 4) is 0 Å². The molecule has 0 aliphatic rings. The summed E-state index contributed by atoms with van der Waals surface area (Å²) in [4.78, 5) is 22.3. The van der Waals surface area contributed by atoms with Crippen molar-refractivity contribution in [3.63, 3.8) is 0 Å². The van der Waals surface area contributed by atoms with Crippen LogP contribution in [0.1, 0.15) is 29.3 Å². The summed E-state index contributed by atoms with van der Waals surface area (Å²) >= 11 is 0. The molecule has 0 aliphatic carbocycles. The van der Waals surface area contributed by atoms with Crippen molar-refractivity contribution in [1.29, 1.82) is 0 Å². The van der Waals surface area contributed by atoms with Gasteiger partial charge >= 0.3 is 5.97 Å². The quantitative estimate of drug-likeness (QED) is 0.733. The van der Waals surface area contributed by atoms with Crippen LogP contribution in [-0.4, -0.2) is 25.0 Å². The molecule has 1 atom stereocenters. The molecule has 0 fully saturated rings. The van der Waals surface area contributed by atoms with Crippen molar-refractivity contribution in [2.24, 2.45) is 5.73 Å². The third kappa shape index (κ3) is 4.18. The highest BCUT2D eigenvalue weighted by molar-refractivity contribution is 5.90. The second-order valence-electron chi connectivity index (χ2n) is 4.10. The zero-order chi connectivity index (χ0) is 13.5. The van der Waals surface area contributed by atoms with Crippen molar-refractivity contribution >= 4 is 11.9 Å². The van der Waals surface area contributed by atoms with E-state index in [0.29, 0.717) is 12.1 Å². The van der Waals surface area contributed by atoms with Gasteiger partial charge in [0.15, 0.2) is 0 Å². The number of benzene rings is 1. The molecule has 0 heterocycles. The molecule has 98 valence electrons. The van der Waals surface area contributed by atoms with Gasteiger partial charge in [0, 0.05) is 19.0 Å². The van der Waals surface area contributed by atoms with Crippen LogP contribution in [0.3, 0.4) is 0 Å². The van der Waals surface area contributed by atoms with Crippen molar-refractivity contribution in [2.45, 2.75) is 25.9 Å². The molecule has 0 saturated carbocycles. The van der Waals surface area contributed by atoms with E-state index in [4.69, 9.17) is 10.5 Å². The molecule has 5 nitrogen and oxygen atoms in total. The molecular weight excluding hydrogens is 232 g/mol. The molecule has 1 unspecified atom stereocenters.